The molecule has 2 saturated heterocycles. The van der Waals surface area contributed by atoms with E-state index in [0.717, 1.165) is 25.4 Å². The van der Waals surface area contributed by atoms with E-state index < -0.39 is 18.0 Å². The zero-order valence-electron chi connectivity index (χ0n) is 12.8. The van der Waals surface area contributed by atoms with Crippen LogP contribution in [0.1, 0.15) is 36.7 Å². The normalized spacial score (nSPS) is 22.8. The maximum Gasteiger partial charge on any atom is 0.433 e. The zero-order chi connectivity index (χ0) is 16.5. The van der Waals surface area contributed by atoms with E-state index in [4.69, 9.17) is 0 Å². The number of thioether (sulfide) groups is 1. The molecule has 2 aliphatic heterocycles. The standard InChI is InChI=1S/C16H20F4N2S/c17-13(12-1-2-14(21-9-12)16(18,19)20)3-6-22-7-4-15(5-8-22)10-23-11-15/h1-2,9,13H,3-8,10-11H2. The zero-order valence-corrected chi connectivity index (χ0v) is 13.6. The van der Waals surface area contributed by atoms with Gasteiger partial charge in [0, 0.05) is 18.3 Å². The van der Waals surface area contributed by atoms with Crippen molar-refractivity contribution < 1.29 is 17.6 Å². The molecule has 0 saturated carbocycles. The fourth-order valence-electron chi connectivity index (χ4n) is 3.15. The number of hydrogen-bond donors (Lipinski definition) is 0. The second-order valence-corrected chi connectivity index (χ2v) is 7.55. The molecule has 1 unspecified atom stereocenters. The van der Waals surface area contributed by atoms with Crippen LogP contribution in [0.2, 0.25) is 0 Å². The van der Waals surface area contributed by atoms with Crippen molar-refractivity contribution in [3.05, 3.63) is 29.6 Å². The van der Waals surface area contributed by atoms with Crippen LogP contribution in [0.3, 0.4) is 0 Å². The van der Waals surface area contributed by atoms with Crippen molar-refractivity contribution >= 4 is 11.8 Å². The van der Waals surface area contributed by atoms with Crippen molar-refractivity contribution in [2.45, 2.75) is 31.6 Å². The van der Waals surface area contributed by atoms with E-state index in [2.05, 4.69) is 9.88 Å². The molecule has 7 heteroatoms. The molecule has 2 nitrogen and oxygen atoms in total. The Kier molecular flexibility index (Phi) is 4.88. The topological polar surface area (TPSA) is 16.1 Å². The van der Waals surface area contributed by atoms with E-state index in [1.165, 1.54) is 30.4 Å². The highest BCUT2D eigenvalue weighted by Gasteiger charge is 2.40. The molecule has 3 rings (SSSR count). The number of pyridine rings is 1. The van der Waals surface area contributed by atoms with Crippen molar-refractivity contribution in [2.75, 3.05) is 31.1 Å². The third kappa shape index (κ3) is 3.99. The van der Waals surface area contributed by atoms with E-state index in [0.29, 0.717) is 18.4 Å². The molecule has 0 aliphatic carbocycles. The van der Waals surface area contributed by atoms with Gasteiger partial charge in [-0.3, -0.25) is 4.98 Å². The monoisotopic (exact) mass is 348 g/mol. The maximum atomic E-state index is 14.2. The Labute approximate surface area is 137 Å². The highest BCUT2D eigenvalue weighted by atomic mass is 32.2. The second kappa shape index (κ2) is 6.59. The minimum Gasteiger partial charge on any atom is -0.303 e. The Morgan fingerprint density at radius 1 is 1.22 bits per heavy atom. The van der Waals surface area contributed by atoms with Gasteiger partial charge in [-0.15, -0.1) is 0 Å². The van der Waals surface area contributed by atoms with Gasteiger partial charge in [0.1, 0.15) is 11.9 Å². The number of rotatable bonds is 4. The first-order chi connectivity index (χ1) is 10.9. The van der Waals surface area contributed by atoms with Gasteiger partial charge < -0.3 is 4.90 Å². The molecule has 1 aromatic rings. The van der Waals surface area contributed by atoms with E-state index in [1.54, 1.807) is 0 Å². The smallest absolute Gasteiger partial charge is 0.303 e. The Hall–Kier alpha value is -0.820. The van der Waals surface area contributed by atoms with Crippen molar-refractivity contribution in [3.8, 4) is 0 Å². The van der Waals surface area contributed by atoms with Gasteiger partial charge >= 0.3 is 6.18 Å². The first kappa shape index (κ1) is 17.0. The average Bonchev–Trinajstić information content (AvgIpc) is 2.51. The third-order valence-electron chi connectivity index (χ3n) is 4.87. The van der Waals surface area contributed by atoms with Crippen molar-refractivity contribution in [1.29, 1.82) is 0 Å². The summed E-state index contributed by atoms with van der Waals surface area (Å²) in [6.07, 6.45) is -2.08. The van der Waals surface area contributed by atoms with Crippen molar-refractivity contribution in [1.82, 2.24) is 9.88 Å². The third-order valence-corrected chi connectivity index (χ3v) is 6.50. The Bertz CT molecular complexity index is 518. The van der Waals surface area contributed by atoms with Gasteiger partial charge in [0.15, 0.2) is 0 Å². The highest BCUT2D eigenvalue weighted by Crippen LogP contribution is 2.46. The van der Waals surface area contributed by atoms with Gasteiger partial charge in [0.2, 0.25) is 0 Å². The number of aromatic nitrogens is 1. The Morgan fingerprint density at radius 3 is 2.39 bits per heavy atom. The van der Waals surface area contributed by atoms with Crippen molar-refractivity contribution in [2.24, 2.45) is 5.41 Å². The summed E-state index contributed by atoms with van der Waals surface area (Å²) in [6.45, 7) is 2.64. The van der Waals surface area contributed by atoms with Gasteiger partial charge in [-0.25, -0.2) is 4.39 Å². The summed E-state index contributed by atoms with van der Waals surface area (Å²) >= 11 is 2.00. The summed E-state index contributed by atoms with van der Waals surface area (Å²) in [4.78, 5) is 5.58. The molecule has 0 radical (unpaired) electrons. The van der Waals surface area contributed by atoms with Crippen LogP contribution in [-0.4, -0.2) is 41.0 Å². The summed E-state index contributed by atoms with van der Waals surface area (Å²) in [5.74, 6) is 2.51. The first-order valence-corrected chi connectivity index (χ1v) is 9.01. The summed E-state index contributed by atoms with van der Waals surface area (Å²) in [7, 11) is 0. The quantitative estimate of drug-likeness (QED) is 0.754. The molecule has 0 N–H and O–H groups in total. The number of likely N-dealkylation sites (tertiary alicyclic amines) is 1. The molecule has 128 valence electrons. The molecule has 23 heavy (non-hydrogen) atoms. The van der Waals surface area contributed by atoms with Crippen LogP contribution in [0.4, 0.5) is 17.6 Å². The predicted molar refractivity (Wildman–Crippen MR) is 83.1 cm³/mol. The SMILES string of the molecule is FC(CCN1CCC2(CC1)CSC2)c1ccc(C(F)(F)F)nc1. The molecule has 0 bridgehead atoms. The molecule has 2 aliphatic rings. The lowest BCUT2D eigenvalue weighted by molar-refractivity contribution is -0.141. The fraction of sp³-hybridized carbons (Fsp3) is 0.688. The number of piperidine rings is 1. The Balaban J connectivity index is 1.47. The van der Waals surface area contributed by atoms with Gasteiger partial charge in [-0.05, 0) is 55.3 Å². The second-order valence-electron chi connectivity index (χ2n) is 6.57. The minimum absolute atomic E-state index is 0.224. The molecular formula is C16H20F4N2S. The van der Waals surface area contributed by atoms with Crippen molar-refractivity contribution in [3.63, 3.8) is 0 Å². The Morgan fingerprint density at radius 2 is 1.91 bits per heavy atom. The van der Waals surface area contributed by atoms with Crippen LogP contribution in [0.5, 0.6) is 0 Å². The summed E-state index contributed by atoms with van der Waals surface area (Å²) in [5, 5.41) is 0. The van der Waals surface area contributed by atoms with E-state index in [-0.39, 0.29) is 5.56 Å². The summed E-state index contributed by atoms with van der Waals surface area (Å²) in [5.41, 5.74) is -0.219. The van der Waals surface area contributed by atoms with Crippen LogP contribution in [0, 0.1) is 5.41 Å². The average molecular weight is 348 g/mol. The minimum atomic E-state index is -4.48. The molecule has 1 spiro atoms. The summed E-state index contributed by atoms with van der Waals surface area (Å²) < 4.78 is 51.5. The van der Waals surface area contributed by atoms with Gasteiger partial charge in [-0.1, -0.05) is 6.07 Å². The molecule has 1 atom stereocenters. The van der Waals surface area contributed by atoms with Gasteiger partial charge in [0.05, 0.1) is 0 Å². The van der Waals surface area contributed by atoms with E-state index in [1.807, 2.05) is 11.8 Å². The van der Waals surface area contributed by atoms with Gasteiger partial charge in [0.25, 0.3) is 0 Å². The van der Waals surface area contributed by atoms with Gasteiger partial charge in [-0.2, -0.15) is 24.9 Å². The first-order valence-electron chi connectivity index (χ1n) is 7.85. The molecule has 0 amide bonds. The highest BCUT2D eigenvalue weighted by molar-refractivity contribution is 8.00. The summed E-state index contributed by atoms with van der Waals surface area (Å²) in [6, 6.07) is 2.04. The number of halogens is 4. The van der Waals surface area contributed by atoms with Crippen LogP contribution >= 0.6 is 11.8 Å². The molecule has 1 aromatic heterocycles. The lowest BCUT2D eigenvalue weighted by atomic mass is 9.81. The molecule has 0 aromatic carbocycles. The molecule has 3 heterocycles. The lowest BCUT2D eigenvalue weighted by Gasteiger charge is -2.47. The molecule has 2 fully saturated rings. The molecular weight excluding hydrogens is 328 g/mol. The lowest BCUT2D eigenvalue weighted by Crippen LogP contribution is -2.47. The van der Waals surface area contributed by atoms with Crippen LogP contribution in [0.15, 0.2) is 18.3 Å². The van der Waals surface area contributed by atoms with Crippen LogP contribution < -0.4 is 0 Å². The maximum absolute atomic E-state index is 14.2. The fourth-order valence-corrected chi connectivity index (χ4v) is 4.51. The van der Waals surface area contributed by atoms with Crippen LogP contribution in [-0.2, 0) is 6.18 Å². The van der Waals surface area contributed by atoms with E-state index in [9.17, 15) is 17.6 Å². The largest absolute Gasteiger partial charge is 0.433 e. The number of nitrogens with zero attached hydrogens (tertiary/aromatic N) is 2. The predicted octanol–water partition coefficient (Wildman–Crippen LogP) is 4.33. The van der Waals surface area contributed by atoms with E-state index >= 15 is 0 Å². The number of alkyl halides is 4. The number of hydrogen-bond acceptors (Lipinski definition) is 3. The van der Waals surface area contributed by atoms with Crippen LogP contribution in [0.25, 0.3) is 0 Å².